The molecule has 0 saturated heterocycles. The highest BCUT2D eigenvalue weighted by Gasteiger charge is 2.36. The number of aromatic hydroxyl groups is 1. The third-order valence-electron chi connectivity index (χ3n) is 5.97. The van der Waals surface area contributed by atoms with Crippen LogP contribution in [0.25, 0.3) is 22.1 Å². The molecular formula is C24H20O5. The number of hydrogen-bond donors (Lipinski definition) is 1. The zero-order valence-electron chi connectivity index (χ0n) is 15.8. The number of allylic oxidation sites excluding steroid dienone is 2. The fourth-order valence-corrected chi connectivity index (χ4v) is 4.57. The first-order valence-electron chi connectivity index (χ1n) is 9.86. The Morgan fingerprint density at radius 3 is 2.66 bits per heavy atom. The second kappa shape index (κ2) is 6.92. The van der Waals surface area contributed by atoms with Crippen LogP contribution >= 0.6 is 0 Å². The number of carbonyl (C=O) groups excluding carboxylic acids is 1. The highest BCUT2D eigenvalue weighted by Crippen LogP contribution is 2.48. The molecule has 2 aromatic carbocycles. The number of benzene rings is 2. The molecule has 1 aliphatic carbocycles. The Morgan fingerprint density at radius 2 is 1.90 bits per heavy atom. The number of fused-ring (bicyclic) bond motifs is 3. The van der Waals surface area contributed by atoms with Crippen LogP contribution in [-0.2, 0) is 4.79 Å². The van der Waals surface area contributed by atoms with Gasteiger partial charge in [-0.05, 0) is 30.7 Å². The minimum absolute atomic E-state index is 0.106. The normalized spacial score (nSPS) is 21.0. The van der Waals surface area contributed by atoms with E-state index in [1.807, 2.05) is 30.3 Å². The molecule has 5 rings (SSSR count). The smallest absolute Gasteiger partial charge is 0.311 e. The van der Waals surface area contributed by atoms with E-state index < -0.39 is 0 Å². The molecular weight excluding hydrogens is 368 g/mol. The molecule has 2 atom stereocenters. The molecule has 1 aromatic heterocycles. The Morgan fingerprint density at radius 1 is 1.07 bits per heavy atom. The Hall–Kier alpha value is -3.34. The lowest BCUT2D eigenvalue weighted by atomic mass is 9.75. The van der Waals surface area contributed by atoms with Crippen molar-refractivity contribution < 1.29 is 19.1 Å². The number of carbonyl (C=O) groups is 1. The lowest BCUT2D eigenvalue weighted by molar-refractivity contribution is -0.136. The van der Waals surface area contributed by atoms with Crippen LogP contribution in [0, 0.1) is 5.92 Å². The van der Waals surface area contributed by atoms with Crippen molar-refractivity contribution >= 4 is 16.9 Å². The van der Waals surface area contributed by atoms with Crippen LogP contribution in [0.4, 0.5) is 0 Å². The standard InChI is InChI=1S/C24H20O5/c25-18-12-19-21(16(11-20(26)29-19)14-7-3-1-4-8-14)24-22(18)23(27)17(13-28-24)15-9-5-2-6-10-15/h1-3,5-6,9-10,12-14,16,25H,4,7-8,11H2/t14-,16+/m1/s1. The number of rotatable bonds is 2. The Labute approximate surface area is 167 Å². The van der Waals surface area contributed by atoms with E-state index in [9.17, 15) is 14.7 Å². The summed E-state index contributed by atoms with van der Waals surface area (Å²) in [7, 11) is 0. The van der Waals surface area contributed by atoms with Gasteiger partial charge in [0.05, 0.1) is 12.0 Å². The number of esters is 1. The SMILES string of the molecule is O=C1C[C@@H]([C@@H]2CC=CCC2)c2c(cc(O)c3c(=O)c(-c4ccccc4)coc23)O1. The lowest BCUT2D eigenvalue weighted by Gasteiger charge is -2.32. The van der Waals surface area contributed by atoms with Crippen molar-refractivity contribution in [2.75, 3.05) is 0 Å². The van der Waals surface area contributed by atoms with Crippen LogP contribution in [-0.4, -0.2) is 11.1 Å². The molecule has 0 fully saturated rings. The number of phenols is 1. The van der Waals surface area contributed by atoms with Crippen molar-refractivity contribution in [1.82, 2.24) is 0 Å². The molecule has 1 aliphatic heterocycles. The summed E-state index contributed by atoms with van der Waals surface area (Å²) in [4.78, 5) is 25.5. The summed E-state index contributed by atoms with van der Waals surface area (Å²) in [6.07, 6.45) is 8.77. The topological polar surface area (TPSA) is 76.7 Å². The van der Waals surface area contributed by atoms with Crippen LogP contribution in [0.2, 0.25) is 0 Å². The summed E-state index contributed by atoms with van der Waals surface area (Å²) in [5, 5.41) is 10.7. The second-order valence-corrected chi connectivity index (χ2v) is 7.69. The van der Waals surface area contributed by atoms with Gasteiger partial charge in [-0.25, -0.2) is 0 Å². The largest absolute Gasteiger partial charge is 0.507 e. The van der Waals surface area contributed by atoms with Gasteiger partial charge in [-0.2, -0.15) is 0 Å². The molecule has 0 radical (unpaired) electrons. The Bertz CT molecular complexity index is 1190. The van der Waals surface area contributed by atoms with Gasteiger partial charge in [0, 0.05) is 17.5 Å². The maximum Gasteiger partial charge on any atom is 0.311 e. The number of hydrogen-bond acceptors (Lipinski definition) is 5. The summed E-state index contributed by atoms with van der Waals surface area (Å²) in [5.41, 5.74) is 1.85. The molecule has 146 valence electrons. The van der Waals surface area contributed by atoms with Gasteiger partial charge in [0.15, 0.2) is 0 Å². The van der Waals surface area contributed by atoms with Crippen LogP contribution in [0.1, 0.15) is 37.2 Å². The van der Waals surface area contributed by atoms with Crippen molar-refractivity contribution in [2.45, 2.75) is 31.6 Å². The van der Waals surface area contributed by atoms with E-state index in [0.29, 0.717) is 16.9 Å². The average Bonchev–Trinajstić information content (AvgIpc) is 2.74. The van der Waals surface area contributed by atoms with Gasteiger partial charge < -0.3 is 14.3 Å². The molecule has 0 spiro atoms. The van der Waals surface area contributed by atoms with Crippen molar-refractivity contribution in [3.63, 3.8) is 0 Å². The third kappa shape index (κ3) is 2.94. The summed E-state index contributed by atoms with van der Waals surface area (Å²) in [6, 6.07) is 10.6. The maximum atomic E-state index is 13.2. The van der Waals surface area contributed by atoms with Crippen molar-refractivity contribution in [3.05, 3.63) is 70.6 Å². The Balaban J connectivity index is 1.75. The van der Waals surface area contributed by atoms with E-state index in [4.69, 9.17) is 9.15 Å². The number of phenolic OH excluding ortho intramolecular Hbond substituents is 1. The van der Waals surface area contributed by atoms with Gasteiger partial charge in [-0.15, -0.1) is 0 Å². The van der Waals surface area contributed by atoms with Crippen molar-refractivity contribution in [2.24, 2.45) is 5.92 Å². The lowest BCUT2D eigenvalue weighted by Crippen LogP contribution is -2.26. The van der Waals surface area contributed by atoms with E-state index >= 15 is 0 Å². The summed E-state index contributed by atoms with van der Waals surface area (Å²) < 4.78 is 11.4. The molecule has 1 N–H and O–H groups in total. The summed E-state index contributed by atoms with van der Waals surface area (Å²) in [5.74, 6) is -0.105. The first-order valence-corrected chi connectivity index (χ1v) is 9.86. The van der Waals surface area contributed by atoms with Gasteiger partial charge in [-0.1, -0.05) is 42.5 Å². The predicted molar refractivity (Wildman–Crippen MR) is 109 cm³/mol. The monoisotopic (exact) mass is 388 g/mol. The third-order valence-corrected chi connectivity index (χ3v) is 5.97. The highest BCUT2D eigenvalue weighted by molar-refractivity contribution is 5.93. The quantitative estimate of drug-likeness (QED) is 0.383. The maximum absolute atomic E-state index is 13.2. The van der Waals surface area contributed by atoms with Gasteiger partial charge in [0.2, 0.25) is 5.43 Å². The molecule has 0 saturated carbocycles. The Kier molecular flexibility index (Phi) is 4.23. The van der Waals surface area contributed by atoms with Gasteiger partial charge in [0.25, 0.3) is 0 Å². The van der Waals surface area contributed by atoms with Crippen molar-refractivity contribution in [1.29, 1.82) is 0 Å². The van der Waals surface area contributed by atoms with E-state index in [1.165, 1.54) is 12.3 Å². The molecule has 5 heteroatoms. The van der Waals surface area contributed by atoms with Crippen LogP contribution in [0.15, 0.2) is 64.0 Å². The number of ether oxygens (including phenoxy) is 1. The highest BCUT2D eigenvalue weighted by atomic mass is 16.5. The first kappa shape index (κ1) is 17.7. The van der Waals surface area contributed by atoms with Gasteiger partial charge >= 0.3 is 5.97 Å². The fraction of sp³-hybridized carbons (Fsp3) is 0.250. The molecule has 29 heavy (non-hydrogen) atoms. The molecule has 0 amide bonds. The van der Waals surface area contributed by atoms with Gasteiger partial charge in [-0.3, -0.25) is 9.59 Å². The van der Waals surface area contributed by atoms with E-state index in [0.717, 1.165) is 30.4 Å². The minimum atomic E-state index is -0.320. The van der Waals surface area contributed by atoms with E-state index in [2.05, 4.69) is 12.2 Å². The first-order chi connectivity index (χ1) is 14.1. The van der Waals surface area contributed by atoms with E-state index in [-0.39, 0.29) is 40.8 Å². The average molecular weight is 388 g/mol. The predicted octanol–water partition coefficient (Wildman–Crippen LogP) is 4.91. The molecule has 3 aromatic rings. The van der Waals surface area contributed by atoms with Crippen LogP contribution < -0.4 is 10.2 Å². The fourth-order valence-electron chi connectivity index (χ4n) is 4.57. The molecule has 5 nitrogen and oxygen atoms in total. The van der Waals surface area contributed by atoms with Gasteiger partial charge in [0.1, 0.15) is 28.7 Å². The summed E-state index contributed by atoms with van der Waals surface area (Å²) >= 11 is 0. The zero-order chi connectivity index (χ0) is 20.0. The van der Waals surface area contributed by atoms with E-state index in [1.54, 1.807) is 0 Å². The molecule has 0 bridgehead atoms. The molecule has 0 unspecified atom stereocenters. The molecule has 2 aliphatic rings. The molecule has 2 heterocycles. The van der Waals surface area contributed by atoms with Crippen molar-refractivity contribution in [3.8, 4) is 22.6 Å². The zero-order valence-corrected chi connectivity index (χ0v) is 15.8. The minimum Gasteiger partial charge on any atom is -0.507 e. The second-order valence-electron chi connectivity index (χ2n) is 7.69. The van der Waals surface area contributed by atoms with Crippen LogP contribution in [0.3, 0.4) is 0 Å². The summed E-state index contributed by atoms with van der Waals surface area (Å²) in [6.45, 7) is 0. The van der Waals surface area contributed by atoms with Crippen LogP contribution in [0.5, 0.6) is 11.5 Å².